The van der Waals surface area contributed by atoms with Gasteiger partial charge in [-0.15, -0.1) is 0 Å². The number of rotatable bonds is 1. The maximum Gasteiger partial charge on any atom is 0.197 e. The Bertz CT molecular complexity index is 221. The van der Waals surface area contributed by atoms with Crippen molar-refractivity contribution in [2.45, 2.75) is 19.0 Å². The number of nitrogens with zero attached hydrogens (tertiary/aromatic N) is 1. The Morgan fingerprint density at radius 1 is 1.55 bits per heavy atom. The fourth-order valence-corrected chi connectivity index (χ4v) is 1.36. The molecule has 0 aromatic heterocycles. The third-order valence-corrected chi connectivity index (χ3v) is 2.09. The standard InChI is InChI=1S/C6H10N4S/c7-5-8-4(3-1-2-3)9-6(11)10-5/h3-4H,1-2H2,(H4,7,8,9,10,11). The molecule has 1 aliphatic carbocycles. The number of nitrogens with one attached hydrogen (secondary N) is 2. The highest BCUT2D eigenvalue weighted by atomic mass is 32.1. The van der Waals surface area contributed by atoms with Crippen molar-refractivity contribution in [3.8, 4) is 0 Å². The molecule has 1 fully saturated rings. The summed E-state index contributed by atoms with van der Waals surface area (Å²) in [6.07, 6.45) is 2.59. The Morgan fingerprint density at radius 2 is 2.27 bits per heavy atom. The first-order valence-electron chi connectivity index (χ1n) is 3.66. The molecule has 1 aliphatic heterocycles. The zero-order valence-corrected chi connectivity index (χ0v) is 6.82. The molecule has 0 radical (unpaired) electrons. The minimum absolute atomic E-state index is 0.128. The Hall–Kier alpha value is -0.840. The molecule has 0 bridgehead atoms. The van der Waals surface area contributed by atoms with Crippen LogP contribution in [-0.4, -0.2) is 17.2 Å². The minimum Gasteiger partial charge on any atom is -0.370 e. The van der Waals surface area contributed by atoms with Gasteiger partial charge in [-0.1, -0.05) is 0 Å². The van der Waals surface area contributed by atoms with Gasteiger partial charge >= 0.3 is 0 Å². The fourth-order valence-electron chi connectivity index (χ4n) is 1.14. The lowest BCUT2D eigenvalue weighted by atomic mass is 10.3. The fraction of sp³-hybridized carbons (Fsp3) is 0.667. The Labute approximate surface area is 70.2 Å². The second-order valence-electron chi connectivity index (χ2n) is 2.90. The topological polar surface area (TPSA) is 62.4 Å². The monoisotopic (exact) mass is 170 g/mol. The number of aliphatic imine (C=N–C) groups is 1. The summed E-state index contributed by atoms with van der Waals surface area (Å²) in [6, 6.07) is 0. The van der Waals surface area contributed by atoms with Crippen molar-refractivity contribution < 1.29 is 0 Å². The average Bonchev–Trinajstić information content (AvgIpc) is 2.64. The third-order valence-electron chi connectivity index (χ3n) is 1.87. The zero-order chi connectivity index (χ0) is 7.84. The lowest BCUT2D eigenvalue weighted by molar-refractivity contribution is 0.550. The van der Waals surface area contributed by atoms with E-state index in [1.807, 2.05) is 0 Å². The highest BCUT2D eigenvalue weighted by molar-refractivity contribution is 7.80. The summed E-state index contributed by atoms with van der Waals surface area (Å²) in [7, 11) is 0. The molecule has 60 valence electrons. The second kappa shape index (κ2) is 2.34. The summed E-state index contributed by atoms with van der Waals surface area (Å²) in [6.45, 7) is 0. The van der Waals surface area contributed by atoms with Crippen LogP contribution in [0.25, 0.3) is 0 Å². The van der Waals surface area contributed by atoms with Gasteiger partial charge in [0.1, 0.15) is 6.17 Å². The summed E-state index contributed by atoms with van der Waals surface area (Å²) < 4.78 is 0. The molecule has 0 amide bonds. The maximum absolute atomic E-state index is 5.49. The zero-order valence-electron chi connectivity index (χ0n) is 6.00. The van der Waals surface area contributed by atoms with E-state index in [0.717, 1.165) is 0 Å². The minimum atomic E-state index is 0.128. The molecule has 4 N–H and O–H groups in total. The van der Waals surface area contributed by atoms with E-state index in [0.29, 0.717) is 17.0 Å². The van der Waals surface area contributed by atoms with E-state index in [1.54, 1.807) is 0 Å². The highest BCUT2D eigenvalue weighted by Gasteiger charge is 2.33. The molecule has 5 heteroatoms. The van der Waals surface area contributed by atoms with Crippen molar-refractivity contribution >= 4 is 23.3 Å². The van der Waals surface area contributed by atoms with Crippen LogP contribution in [0.1, 0.15) is 12.8 Å². The van der Waals surface area contributed by atoms with Crippen molar-refractivity contribution in [1.29, 1.82) is 0 Å². The lowest BCUT2D eigenvalue weighted by Gasteiger charge is -2.22. The Kier molecular flexibility index (Phi) is 1.45. The number of nitrogens with two attached hydrogens (primary N) is 1. The first kappa shape index (κ1) is 6.84. The van der Waals surface area contributed by atoms with Gasteiger partial charge < -0.3 is 16.4 Å². The molecule has 0 saturated heterocycles. The van der Waals surface area contributed by atoms with Gasteiger partial charge in [-0.05, 0) is 31.0 Å². The lowest BCUT2D eigenvalue weighted by Crippen LogP contribution is -2.53. The van der Waals surface area contributed by atoms with Crippen LogP contribution >= 0.6 is 12.2 Å². The molecule has 1 heterocycles. The molecular formula is C6H10N4S. The summed E-state index contributed by atoms with van der Waals surface area (Å²) in [5.74, 6) is 1.08. The van der Waals surface area contributed by atoms with Crippen molar-refractivity contribution in [1.82, 2.24) is 10.6 Å². The van der Waals surface area contributed by atoms with Gasteiger partial charge in [-0.25, -0.2) is 4.99 Å². The van der Waals surface area contributed by atoms with Gasteiger partial charge in [0, 0.05) is 0 Å². The van der Waals surface area contributed by atoms with E-state index in [1.165, 1.54) is 12.8 Å². The van der Waals surface area contributed by atoms with Gasteiger partial charge in [-0.3, -0.25) is 0 Å². The summed E-state index contributed by atoms with van der Waals surface area (Å²) in [5.41, 5.74) is 5.49. The van der Waals surface area contributed by atoms with E-state index in [2.05, 4.69) is 15.6 Å². The molecule has 0 spiro atoms. The number of guanidine groups is 1. The molecule has 0 aromatic carbocycles. The highest BCUT2D eigenvalue weighted by Crippen LogP contribution is 2.33. The van der Waals surface area contributed by atoms with Crippen molar-refractivity contribution in [3.05, 3.63) is 0 Å². The van der Waals surface area contributed by atoms with Crippen LogP contribution in [0.4, 0.5) is 0 Å². The Morgan fingerprint density at radius 3 is 2.82 bits per heavy atom. The summed E-state index contributed by atoms with van der Waals surface area (Å²) in [4.78, 5) is 4.18. The van der Waals surface area contributed by atoms with Crippen LogP contribution in [0.15, 0.2) is 4.99 Å². The average molecular weight is 170 g/mol. The molecule has 0 aromatic rings. The number of hydrogen-bond acceptors (Lipinski definition) is 3. The number of hydrogen-bond donors (Lipinski definition) is 3. The predicted molar refractivity (Wildman–Crippen MR) is 47.0 cm³/mol. The van der Waals surface area contributed by atoms with Crippen molar-refractivity contribution in [2.75, 3.05) is 0 Å². The van der Waals surface area contributed by atoms with E-state index >= 15 is 0 Å². The van der Waals surface area contributed by atoms with Crippen LogP contribution in [0.5, 0.6) is 0 Å². The van der Waals surface area contributed by atoms with Gasteiger partial charge in [0.2, 0.25) is 0 Å². The molecule has 4 nitrogen and oxygen atoms in total. The van der Waals surface area contributed by atoms with Gasteiger partial charge in [0.25, 0.3) is 0 Å². The molecule has 2 aliphatic rings. The third kappa shape index (κ3) is 1.42. The SMILES string of the molecule is NC1=NC(C2CC2)NC(=S)N1. The molecule has 1 saturated carbocycles. The number of thiocarbonyl (C=S) groups is 1. The van der Waals surface area contributed by atoms with Crippen molar-refractivity contribution in [3.63, 3.8) is 0 Å². The smallest absolute Gasteiger partial charge is 0.197 e. The van der Waals surface area contributed by atoms with Gasteiger partial charge in [-0.2, -0.15) is 0 Å². The van der Waals surface area contributed by atoms with E-state index in [9.17, 15) is 0 Å². The van der Waals surface area contributed by atoms with Crippen LogP contribution in [0.3, 0.4) is 0 Å². The maximum atomic E-state index is 5.49. The van der Waals surface area contributed by atoms with E-state index < -0.39 is 0 Å². The van der Waals surface area contributed by atoms with Crippen LogP contribution < -0.4 is 16.4 Å². The largest absolute Gasteiger partial charge is 0.370 e. The van der Waals surface area contributed by atoms with Crippen molar-refractivity contribution in [2.24, 2.45) is 16.6 Å². The normalized spacial score (nSPS) is 30.4. The van der Waals surface area contributed by atoms with Crippen LogP contribution in [0, 0.1) is 5.92 Å². The van der Waals surface area contributed by atoms with E-state index in [4.69, 9.17) is 18.0 Å². The van der Waals surface area contributed by atoms with Gasteiger partial charge in [0.05, 0.1) is 0 Å². The second-order valence-corrected chi connectivity index (χ2v) is 3.30. The van der Waals surface area contributed by atoms with E-state index in [-0.39, 0.29) is 6.17 Å². The molecule has 1 atom stereocenters. The Balaban J connectivity index is 2.09. The molecular weight excluding hydrogens is 160 g/mol. The molecule has 2 rings (SSSR count). The quantitative estimate of drug-likeness (QED) is 0.465. The van der Waals surface area contributed by atoms with Crippen LogP contribution in [-0.2, 0) is 0 Å². The first-order chi connectivity index (χ1) is 5.25. The molecule has 11 heavy (non-hydrogen) atoms. The predicted octanol–water partition coefficient (Wildman–Crippen LogP) is -0.485. The van der Waals surface area contributed by atoms with Gasteiger partial charge in [0.15, 0.2) is 11.1 Å². The molecule has 1 unspecified atom stereocenters. The summed E-state index contributed by atoms with van der Waals surface area (Å²) >= 11 is 4.92. The summed E-state index contributed by atoms with van der Waals surface area (Å²) in [5, 5.41) is 6.39. The van der Waals surface area contributed by atoms with Crippen LogP contribution in [0.2, 0.25) is 0 Å². The first-order valence-corrected chi connectivity index (χ1v) is 4.07.